The van der Waals surface area contributed by atoms with E-state index in [1.807, 2.05) is 0 Å². The highest BCUT2D eigenvalue weighted by molar-refractivity contribution is 8.20. The van der Waals surface area contributed by atoms with Crippen molar-refractivity contribution in [3.05, 3.63) is 35.4 Å². The largest absolute Gasteiger partial charge is 0.202 e. The molecule has 8 heteroatoms. The van der Waals surface area contributed by atoms with E-state index in [0.29, 0.717) is 22.3 Å². The second kappa shape index (κ2) is 5.40. The fourth-order valence-corrected chi connectivity index (χ4v) is 4.38. The van der Waals surface area contributed by atoms with Crippen molar-refractivity contribution in [2.45, 2.75) is 14.0 Å². The van der Waals surface area contributed by atoms with Gasteiger partial charge >= 0.3 is 0 Å². The minimum atomic E-state index is -1.53. The van der Waals surface area contributed by atoms with Crippen molar-refractivity contribution in [1.82, 2.24) is 0 Å². The molecule has 0 saturated heterocycles. The van der Waals surface area contributed by atoms with Crippen LogP contribution < -0.4 is 0 Å². The first-order valence-electron chi connectivity index (χ1n) is 4.69. The molecule has 0 radical (unpaired) electrons. The molecule has 0 aromatic heterocycles. The average molecular weight is 384 g/mol. The number of hydrogen-bond acceptors (Lipinski definition) is 2. The monoisotopic (exact) mass is 381 g/mol. The van der Waals surface area contributed by atoms with Crippen LogP contribution in [-0.2, 0) is 4.33 Å². The van der Waals surface area contributed by atoms with Crippen LogP contribution in [0.1, 0.15) is 16.5 Å². The third-order valence-corrected chi connectivity index (χ3v) is 5.43. The van der Waals surface area contributed by atoms with Gasteiger partial charge in [0.05, 0.1) is 16.5 Å². The highest BCUT2D eigenvalue weighted by Crippen LogP contribution is 2.57. The Balaban J connectivity index is 2.72. The summed E-state index contributed by atoms with van der Waals surface area (Å²) in [5, 5.41) is -0.717. The van der Waals surface area contributed by atoms with E-state index in [2.05, 4.69) is 4.40 Å². The SMILES string of the molecule is ClS/N=C1/C(Cl)(Cl)c2ccccc2C(Cl)C1(Cl)Cl. The van der Waals surface area contributed by atoms with Crippen molar-refractivity contribution >= 4 is 85.6 Å². The van der Waals surface area contributed by atoms with Gasteiger partial charge in [-0.3, -0.25) is 0 Å². The summed E-state index contributed by atoms with van der Waals surface area (Å²) in [6.45, 7) is 0. The first-order chi connectivity index (χ1) is 8.33. The summed E-state index contributed by atoms with van der Waals surface area (Å²) in [4.78, 5) is 0. The summed E-state index contributed by atoms with van der Waals surface area (Å²) in [6, 6.07) is 7.13. The Bertz CT molecular complexity index is 501. The van der Waals surface area contributed by atoms with Gasteiger partial charge in [0.1, 0.15) is 5.71 Å². The Morgan fingerprint density at radius 3 is 2.33 bits per heavy atom. The minimum Gasteiger partial charge on any atom is -0.202 e. The second-order valence-corrected chi connectivity index (χ2v) is 7.54. The molecule has 1 aromatic carbocycles. The van der Waals surface area contributed by atoms with Crippen molar-refractivity contribution in [3.63, 3.8) is 0 Å². The fraction of sp³-hybridized carbons (Fsp3) is 0.300. The molecule has 0 bridgehead atoms. The summed E-state index contributed by atoms with van der Waals surface area (Å²) in [5.74, 6) is 0. The predicted octanol–water partition coefficient (Wildman–Crippen LogP) is 6.03. The third-order valence-electron chi connectivity index (χ3n) is 2.63. The van der Waals surface area contributed by atoms with E-state index < -0.39 is 14.0 Å². The summed E-state index contributed by atoms with van der Waals surface area (Å²) in [6.07, 6.45) is 0. The molecule has 1 aliphatic carbocycles. The zero-order chi connectivity index (χ0) is 13.6. The minimum absolute atomic E-state index is 0.111. The van der Waals surface area contributed by atoms with E-state index in [1.54, 1.807) is 24.3 Å². The second-order valence-electron chi connectivity index (χ2n) is 3.66. The van der Waals surface area contributed by atoms with Crippen LogP contribution in [0.25, 0.3) is 0 Å². The van der Waals surface area contributed by atoms with Gasteiger partial charge in [0, 0.05) is 0 Å². The van der Waals surface area contributed by atoms with E-state index >= 15 is 0 Å². The molecule has 1 aromatic rings. The summed E-state index contributed by atoms with van der Waals surface area (Å²) < 4.78 is 0.934. The van der Waals surface area contributed by atoms with Crippen molar-refractivity contribution in [2.75, 3.05) is 0 Å². The molecule has 0 fully saturated rings. The zero-order valence-corrected chi connectivity index (χ0v) is 13.9. The van der Waals surface area contributed by atoms with Crippen molar-refractivity contribution < 1.29 is 0 Å². The van der Waals surface area contributed by atoms with Gasteiger partial charge in [0.2, 0.25) is 0 Å². The molecule has 0 saturated carbocycles. The van der Waals surface area contributed by atoms with Crippen molar-refractivity contribution in [3.8, 4) is 0 Å². The molecule has 0 N–H and O–H groups in total. The predicted molar refractivity (Wildman–Crippen MR) is 83.7 cm³/mol. The summed E-state index contributed by atoms with van der Waals surface area (Å²) in [7, 11) is 5.52. The molecule has 98 valence electrons. The molecule has 1 aliphatic rings. The Hall–Kier alpha value is 0.980. The van der Waals surface area contributed by atoms with E-state index in [0.717, 1.165) is 0 Å². The van der Waals surface area contributed by atoms with E-state index in [9.17, 15) is 0 Å². The van der Waals surface area contributed by atoms with Gasteiger partial charge in [-0.05, 0) is 21.8 Å². The lowest BCUT2D eigenvalue weighted by Gasteiger charge is -2.40. The first kappa shape index (κ1) is 15.4. The number of hydrogen-bond donors (Lipinski definition) is 0. The Morgan fingerprint density at radius 2 is 1.72 bits per heavy atom. The van der Waals surface area contributed by atoms with E-state index in [-0.39, 0.29) is 5.71 Å². The van der Waals surface area contributed by atoms with Gasteiger partial charge in [0.15, 0.2) is 8.67 Å². The number of benzene rings is 1. The van der Waals surface area contributed by atoms with Crippen LogP contribution in [-0.4, -0.2) is 10.0 Å². The van der Waals surface area contributed by atoms with E-state index in [4.69, 9.17) is 68.7 Å². The molecular weight excluding hydrogens is 379 g/mol. The van der Waals surface area contributed by atoms with Crippen LogP contribution in [0.4, 0.5) is 0 Å². The molecule has 2 rings (SSSR count). The topological polar surface area (TPSA) is 12.4 Å². The highest BCUT2D eigenvalue weighted by atomic mass is 35.7. The standard InChI is InChI=1S/C10H5Cl6NS/c11-7-5-3-1-2-4-6(5)9(12,13)8(17-18-16)10(7,14)15/h1-4,7H/b17-8-. The maximum Gasteiger partial charge on any atom is 0.185 e. The number of halogens is 6. The lowest BCUT2D eigenvalue weighted by atomic mass is 9.88. The summed E-state index contributed by atoms with van der Waals surface area (Å²) in [5.41, 5.74) is 1.39. The molecule has 1 atom stereocenters. The van der Waals surface area contributed by atoms with Crippen LogP contribution in [0.15, 0.2) is 28.7 Å². The van der Waals surface area contributed by atoms with Gasteiger partial charge in [-0.2, -0.15) is 0 Å². The van der Waals surface area contributed by atoms with Gasteiger partial charge in [0.25, 0.3) is 0 Å². The number of rotatable bonds is 1. The molecule has 18 heavy (non-hydrogen) atoms. The molecular formula is C10H5Cl6NS. The molecule has 0 aliphatic heterocycles. The Labute approximate surface area is 138 Å². The third kappa shape index (κ3) is 2.35. The van der Waals surface area contributed by atoms with Crippen LogP contribution in [0, 0.1) is 0 Å². The average Bonchev–Trinajstić information content (AvgIpc) is 2.33. The number of fused-ring (bicyclic) bond motifs is 1. The van der Waals surface area contributed by atoms with Gasteiger partial charge in [-0.1, -0.05) is 70.7 Å². The normalized spacial score (nSPS) is 27.0. The van der Waals surface area contributed by atoms with Crippen molar-refractivity contribution in [2.24, 2.45) is 4.40 Å². The molecule has 0 spiro atoms. The van der Waals surface area contributed by atoms with Gasteiger partial charge in [-0.25, -0.2) is 4.40 Å². The highest BCUT2D eigenvalue weighted by Gasteiger charge is 2.56. The zero-order valence-electron chi connectivity index (χ0n) is 8.51. The lowest BCUT2D eigenvalue weighted by Crippen LogP contribution is -2.45. The molecule has 1 unspecified atom stereocenters. The quantitative estimate of drug-likeness (QED) is 0.426. The smallest absolute Gasteiger partial charge is 0.185 e. The van der Waals surface area contributed by atoms with Crippen LogP contribution in [0.5, 0.6) is 0 Å². The maximum absolute atomic E-state index is 6.33. The van der Waals surface area contributed by atoms with E-state index in [1.165, 1.54) is 0 Å². The van der Waals surface area contributed by atoms with Crippen LogP contribution in [0.2, 0.25) is 0 Å². The fourth-order valence-electron chi connectivity index (χ4n) is 1.81. The van der Waals surface area contributed by atoms with Crippen LogP contribution in [0.3, 0.4) is 0 Å². The maximum atomic E-state index is 6.33. The number of alkyl halides is 5. The van der Waals surface area contributed by atoms with Gasteiger partial charge in [-0.15, -0.1) is 11.6 Å². The molecule has 0 heterocycles. The summed E-state index contributed by atoms with van der Waals surface area (Å²) >= 11 is 32.1. The van der Waals surface area contributed by atoms with Crippen LogP contribution >= 0.6 is 79.8 Å². The Kier molecular flexibility index (Phi) is 4.61. The molecule has 1 nitrogen and oxygen atoms in total. The number of nitrogens with zero attached hydrogens (tertiary/aromatic N) is 1. The lowest BCUT2D eigenvalue weighted by molar-refractivity contribution is 0.835. The molecule has 0 amide bonds. The first-order valence-corrected chi connectivity index (χ1v) is 8.24. The Morgan fingerprint density at radius 1 is 1.11 bits per heavy atom. The van der Waals surface area contributed by atoms with Crippen molar-refractivity contribution in [1.29, 1.82) is 0 Å². The van der Waals surface area contributed by atoms with Gasteiger partial charge < -0.3 is 0 Å².